The highest BCUT2D eigenvalue weighted by Crippen LogP contribution is 2.44. The molecule has 0 unspecified atom stereocenters. The van der Waals surface area contributed by atoms with Gasteiger partial charge in [0.25, 0.3) is 0 Å². The predicted molar refractivity (Wildman–Crippen MR) is 426 cm³/mol. The molecule has 6 N–H and O–H groups in total. The van der Waals surface area contributed by atoms with Gasteiger partial charge in [0.15, 0.2) is 104 Å². The molecule has 36 heteroatoms. The van der Waals surface area contributed by atoms with Crippen molar-refractivity contribution in [3.8, 4) is 50.8 Å². The Morgan fingerprint density at radius 2 is 0.583 bits per heavy atom. The van der Waals surface area contributed by atoms with E-state index in [1.54, 1.807) is 57.6 Å². The molecular weight excluding hydrogens is 1590 g/mol. The first-order valence-corrected chi connectivity index (χ1v) is 38.6. The number of halogens is 15. The lowest BCUT2D eigenvalue weighted by molar-refractivity contribution is 0.412. The molecule has 120 heavy (non-hydrogen) atoms. The van der Waals surface area contributed by atoms with Crippen molar-refractivity contribution in [1.82, 2.24) is 58.6 Å². The van der Waals surface area contributed by atoms with Gasteiger partial charge in [0.05, 0.1) is 84.1 Å². The number of fused-ring (bicyclic) bond motifs is 3. The molecule has 9 aromatic heterocycles. The number of aromatic nitrogens is 12. The molecule has 3 fully saturated rings. The normalized spacial score (nSPS) is 15.8. The van der Waals surface area contributed by atoms with Crippen LogP contribution in [0.15, 0.2) is 69.4 Å². The molecule has 3 aliphatic heterocycles. The van der Waals surface area contributed by atoms with E-state index in [1.807, 2.05) is 77.0 Å². The Hall–Kier alpha value is -12.3. The second kappa shape index (κ2) is 33.5. The monoisotopic (exact) mass is 1670 g/mol. The van der Waals surface area contributed by atoms with Crippen LogP contribution in [0.1, 0.15) is 152 Å². The number of nitrogens with two attached hydrogens (primary N) is 3. The van der Waals surface area contributed by atoms with Crippen LogP contribution in [0.5, 0.6) is 0 Å². The molecule has 3 atom stereocenters. The van der Waals surface area contributed by atoms with Crippen LogP contribution in [-0.4, -0.2) is 97.8 Å². The van der Waals surface area contributed by atoms with E-state index >= 15 is 13.2 Å². The third kappa shape index (κ3) is 15.3. The fraction of sp³-hybridized carbons (Fsp3) is 0.357. The van der Waals surface area contributed by atoms with Crippen LogP contribution >= 0.6 is 0 Å². The van der Waals surface area contributed by atoms with Gasteiger partial charge in [-0.2, -0.15) is 15.0 Å². The summed E-state index contributed by atoms with van der Waals surface area (Å²) >= 11 is 0. The first kappa shape index (κ1) is 85.6. The summed E-state index contributed by atoms with van der Waals surface area (Å²) in [6.07, 6.45) is 10.1. The number of benzene rings is 3. The molecule has 0 spiro atoms. The SMILES string of the molecule is Cc1ccnc(C(C)C)c1-n1c(=O)nc(N2CCC[C@H](C)C2)c2cc(F)c(-c3c(N)c(F)c(F)c(F)c3F)nc21.Cc1ccnc(C(C)C)c1-n1c(=O)nc(N2CCC[C@H](C)C2)c2cc(F)c(-c3c(N)c(F)c(F)c(F)c3F)nc21.Cc1ccnc(C(C)C)c1-n1c(=O)nc(N2CCC[C@H](C)C2)c2cc(F)c(-c3c(N)c(F)c(F)c(F)c3F)nc21. The topological polar surface area (TPSA) is 270 Å². The molecule has 3 aliphatic rings. The molecule has 630 valence electrons. The zero-order valence-corrected chi connectivity index (χ0v) is 67.0. The maximum Gasteiger partial charge on any atom is 0.355 e. The standard InChI is InChI=1S/3C28H27F5N6O/c3*1-12(2)23-25(14(4)7-8-35-23)39-27-15(26(37-28(39)40)38-9-5-6-13(3)11-38)10-16(29)24(36-27)17-18(30)19(31)20(32)21(33)22(17)34/h3*7-8,10,12-13H,5-6,9,11,34H2,1-4H3/t3*13-/m000/s1. The Morgan fingerprint density at radius 1 is 0.350 bits per heavy atom. The summed E-state index contributed by atoms with van der Waals surface area (Å²) in [5.74, 6) is -26.9. The van der Waals surface area contributed by atoms with Crippen molar-refractivity contribution in [1.29, 1.82) is 0 Å². The minimum Gasteiger partial charge on any atom is -0.396 e. The van der Waals surface area contributed by atoms with Crippen LogP contribution < -0.4 is 49.0 Å². The summed E-state index contributed by atoms with van der Waals surface area (Å²) in [4.78, 5) is 85.7. The lowest BCUT2D eigenvalue weighted by Gasteiger charge is -2.32. The van der Waals surface area contributed by atoms with Crippen LogP contribution in [0.4, 0.5) is 100 Å². The van der Waals surface area contributed by atoms with Crippen LogP contribution in [0.25, 0.3) is 83.9 Å². The van der Waals surface area contributed by atoms with E-state index in [1.165, 1.54) is 0 Å². The third-order valence-electron chi connectivity index (χ3n) is 21.7. The number of pyridine rings is 6. The molecule has 21 nitrogen and oxygen atoms in total. The van der Waals surface area contributed by atoms with Crippen molar-refractivity contribution < 1.29 is 65.9 Å². The fourth-order valence-corrected chi connectivity index (χ4v) is 15.8. The Kier molecular flexibility index (Phi) is 23.9. The zero-order chi connectivity index (χ0) is 87.1. The van der Waals surface area contributed by atoms with Gasteiger partial charge in [-0.3, -0.25) is 15.0 Å². The van der Waals surface area contributed by atoms with Gasteiger partial charge in [-0.1, -0.05) is 62.3 Å². The number of nitrogens with zero attached hydrogens (tertiary/aromatic N) is 15. The second-order valence-corrected chi connectivity index (χ2v) is 31.5. The highest BCUT2D eigenvalue weighted by molar-refractivity contribution is 5.94. The largest absolute Gasteiger partial charge is 0.396 e. The molecule has 0 bridgehead atoms. The Morgan fingerprint density at radius 3 is 0.808 bits per heavy atom. The van der Waals surface area contributed by atoms with Crippen LogP contribution in [0, 0.1) is 126 Å². The summed E-state index contributed by atoms with van der Waals surface area (Å²) in [6, 6.07) is 7.96. The van der Waals surface area contributed by atoms with Crippen LogP contribution in [0.2, 0.25) is 0 Å². The Balaban J connectivity index is 0.000000156. The molecule has 0 saturated carbocycles. The highest BCUT2D eigenvalue weighted by Gasteiger charge is 2.37. The van der Waals surface area contributed by atoms with Crippen LogP contribution in [0.3, 0.4) is 0 Å². The minimum atomic E-state index is -2.16. The Labute approximate surface area is 675 Å². The van der Waals surface area contributed by atoms with E-state index in [-0.39, 0.29) is 86.1 Å². The van der Waals surface area contributed by atoms with Crippen molar-refractivity contribution in [3.63, 3.8) is 0 Å². The van der Waals surface area contributed by atoms with Gasteiger partial charge < -0.3 is 31.9 Å². The van der Waals surface area contributed by atoms with Gasteiger partial charge in [-0.15, -0.1) is 0 Å². The maximum absolute atomic E-state index is 15.7. The summed E-state index contributed by atoms with van der Waals surface area (Å²) in [5.41, 5.74) is 9.14. The summed E-state index contributed by atoms with van der Waals surface area (Å²) in [6.45, 7) is 25.9. The quantitative estimate of drug-likeness (QED) is 0.0444. The lowest BCUT2D eigenvalue weighted by atomic mass is 10.00. The van der Waals surface area contributed by atoms with Gasteiger partial charge in [0, 0.05) is 57.9 Å². The summed E-state index contributed by atoms with van der Waals surface area (Å²) < 4.78 is 223. The van der Waals surface area contributed by atoms with Gasteiger partial charge in [-0.25, -0.2) is 109 Å². The van der Waals surface area contributed by atoms with E-state index < -0.39 is 155 Å². The van der Waals surface area contributed by atoms with Crippen molar-refractivity contribution in [2.24, 2.45) is 17.8 Å². The number of aryl methyl sites for hydroxylation is 3. The third-order valence-corrected chi connectivity index (χ3v) is 21.7. The van der Waals surface area contributed by atoms with Crippen molar-refractivity contribution in [2.75, 3.05) is 71.2 Å². The molecule has 12 heterocycles. The van der Waals surface area contributed by atoms with Gasteiger partial charge in [0.1, 0.15) is 34.5 Å². The fourth-order valence-electron chi connectivity index (χ4n) is 15.8. The smallest absolute Gasteiger partial charge is 0.355 e. The number of rotatable bonds is 12. The summed E-state index contributed by atoms with van der Waals surface area (Å²) in [5, 5.41) is 0.361. The van der Waals surface area contributed by atoms with Crippen molar-refractivity contribution >= 4 is 67.6 Å². The number of nitrogen functional groups attached to an aromatic ring is 3. The lowest BCUT2D eigenvalue weighted by Crippen LogP contribution is -2.37. The average molecular weight is 1680 g/mol. The van der Waals surface area contributed by atoms with E-state index in [0.29, 0.717) is 90.1 Å². The first-order chi connectivity index (χ1) is 56.7. The molecule has 0 aliphatic carbocycles. The van der Waals surface area contributed by atoms with Crippen LogP contribution in [-0.2, 0) is 0 Å². The average Bonchev–Trinajstić information content (AvgIpc) is 0.739. The highest BCUT2D eigenvalue weighted by atomic mass is 19.2. The van der Waals surface area contributed by atoms with Crippen molar-refractivity contribution in [2.45, 2.75) is 139 Å². The number of piperidine rings is 3. The van der Waals surface area contributed by atoms with E-state index in [4.69, 9.17) is 17.2 Å². The predicted octanol–water partition coefficient (Wildman–Crippen LogP) is 17.4. The van der Waals surface area contributed by atoms with Gasteiger partial charge >= 0.3 is 17.1 Å². The summed E-state index contributed by atoms with van der Waals surface area (Å²) in [7, 11) is 0. The van der Waals surface area contributed by atoms with Gasteiger partial charge in [0.2, 0.25) is 0 Å². The molecule has 3 saturated heterocycles. The Bertz CT molecular complexity index is 5670. The number of hydrogen-bond donors (Lipinski definition) is 3. The zero-order valence-electron chi connectivity index (χ0n) is 67.0. The van der Waals surface area contributed by atoms with Crippen molar-refractivity contribution in [3.05, 3.63) is 207 Å². The molecular formula is C84H81F15N18O3. The van der Waals surface area contributed by atoms with Gasteiger partial charge in [-0.05, 0) is 148 Å². The van der Waals surface area contributed by atoms with E-state index in [2.05, 4.69) is 44.9 Å². The molecule has 12 aromatic rings. The second-order valence-electron chi connectivity index (χ2n) is 31.5. The first-order valence-electron chi connectivity index (χ1n) is 38.6. The molecule has 3 aromatic carbocycles. The molecule has 0 radical (unpaired) electrons. The number of anilines is 6. The van der Waals surface area contributed by atoms with E-state index in [9.17, 15) is 67.1 Å². The molecule has 0 amide bonds. The molecule has 15 rings (SSSR count). The maximum atomic E-state index is 15.7. The van der Waals surface area contributed by atoms with E-state index in [0.717, 1.165) is 70.4 Å². The minimum absolute atomic E-state index is 0.120. The number of hydrogen-bond acceptors (Lipinski definition) is 18.